The van der Waals surface area contributed by atoms with Gasteiger partial charge in [-0.15, -0.1) is 0 Å². The Morgan fingerprint density at radius 2 is 1.96 bits per heavy atom. The fraction of sp³-hybridized carbons (Fsp3) is 0.350. The summed E-state index contributed by atoms with van der Waals surface area (Å²) in [5.74, 6) is -2.62. The van der Waals surface area contributed by atoms with Crippen molar-refractivity contribution in [3.05, 3.63) is 65.7 Å². The number of hydrogen-bond acceptors (Lipinski definition) is 2. The van der Waals surface area contributed by atoms with Crippen LogP contribution in [0.2, 0.25) is 0 Å². The summed E-state index contributed by atoms with van der Waals surface area (Å²) in [6.07, 6.45) is 0.777. The molecule has 2 aromatic rings. The summed E-state index contributed by atoms with van der Waals surface area (Å²) in [7, 11) is 0. The molecule has 2 aromatic carbocycles. The van der Waals surface area contributed by atoms with E-state index in [0.717, 1.165) is 13.3 Å². The fourth-order valence-corrected chi connectivity index (χ4v) is 3.06. The van der Waals surface area contributed by atoms with Crippen molar-refractivity contribution < 1.29 is 18.3 Å². The van der Waals surface area contributed by atoms with Gasteiger partial charge in [0, 0.05) is 30.6 Å². The Hall–Kier alpha value is -2.47. The van der Waals surface area contributed by atoms with Crippen molar-refractivity contribution >= 4 is 11.7 Å². The number of hydrogen-bond donors (Lipinski definition) is 2. The second-order valence-corrected chi connectivity index (χ2v) is 6.60. The highest BCUT2D eigenvalue weighted by atomic mass is 19.3. The third-order valence-corrected chi connectivity index (χ3v) is 4.47. The first-order chi connectivity index (χ1) is 12.4. The summed E-state index contributed by atoms with van der Waals surface area (Å²) < 4.78 is 32.5. The SMILES string of the molecule is CC(F)(F)c1cccc(NC(=O)NC[C@@H]2C[C@H](c3ccccc3)CO2)c1. The minimum Gasteiger partial charge on any atom is -0.376 e. The number of urea groups is 1. The van der Waals surface area contributed by atoms with Gasteiger partial charge in [-0.25, -0.2) is 13.6 Å². The largest absolute Gasteiger partial charge is 0.376 e. The van der Waals surface area contributed by atoms with Crippen LogP contribution in [0.5, 0.6) is 0 Å². The topological polar surface area (TPSA) is 50.4 Å². The molecular weight excluding hydrogens is 338 g/mol. The molecule has 0 aliphatic carbocycles. The lowest BCUT2D eigenvalue weighted by Crippen LogP contribution is -2.35. The number of carbonyl (C=O) groups is 1. The number of ether oxygens (including phenoxy) is 1. The summed E-state index contributed by atoms with van der Waals surface area (Å²) >= 11 is 0. The van der Waals surface area contributed by atoms with Gasteiger partial charge in [0.1, 0.15) is 0 Å². The number of amides is 2. The molecule has 0 saturated carbocycles. The maximum atomic E-state index is 13.4. The number of carbonyl (C=O) groups excluding carboxylic acids is 1. The minimum absolute atomic E-state index is 0.0581. The summed E-state index contributed by atoms with van der Waals surface area (Å²) in [4.78, 5) is 12.0. The van der Waals surface area contributed by atoms with Crippen LogP contribution < -0.4 is 10.6 Å². The molecule has 2 amide bonds. The third kappa shape index (κ3) is 4.79. The van der Waals surface area contributed by atoms with Gasteiger partial charge in [-0.05, 0) is 24.1 Å². The van der Waals surface area contributed by atoms with E-state index in [1.54, 1.807) is 6.07 Å². The molecular formula is C20H22F2N2O2. The third-order valence-electron chi connectivity index (χ3n) is 4.47. The lowest BCUT2D eigenvalue weighted by molar-refractivity contribution is 0.0175. The van der Waals surface area contributed by atoms with Crippen LogP contribution >= 0.6 is 0 Å². The molecule has 2 atom stereocenters. The molecule has 2 N–H and O–H groups in total. The first-order valence-corrected chi connectivity index (χ1v) is 8.61. The van der Waals surface area contributed by atoms with E-state index in [4.69, 9.17) is 4.74 Å². The second kappa shape index (κ2) is 7.83. The fourth-order valence-electron chi connectivity index (χ4n) is 3.06. The summed E-state index contributed by atoms with van der Waals surface area (Å²) in [5.41, 5.74) is 1.42. The molecule has 4 nitrogen and oxygen atoms in total. The maximum Gasteiger partial charge on any atom is 0.319 e. The Labute approximate surface area is 151 Å². The van der Waals surface area contributed by atoms with E-state index in [1.165, 1.54) is 23.8 Å². The Morgan fingerprint density at radius 3 is 2.69 bits per heavy atom. The van der Waals surface area contributed by atoms with E-state index in [2.05, 4.69) is 22.8 Å². The van der Waals surface area contributed by atoms with Crippen molar-refractivity contribution in [2.24, 2.45) is 0 Å². The lowest BCUT2D eigenvalue weighted by Gasteiger charge is -2.14. The monoisotopic (exact) mass is 360 g/mol. The van der Waals surface area contributed by atoms with E-state index in [9.17, 15) is 13.6 Å². The number of anilines is 1. The van der Waals surface area contributed by atoms with E-state index < -0.39 is 12.0 Å². The molecule has 1 saturated heterocycles. The zero-order valence-corrected chi connectivity index (χ0v) is 14.5. The Morgan fingerprint density at radius 1 is 1.19 bits per heavy atom. The van der Waals surface area contributed by atoms with Crippen molar-refractivity contribution in [1.82, 2.24) is 5.32 Å². The van der Waals surface area contributed by atoms with Gasteiger partial charge in [0.2, 0.25) is 0 Å². The van der Waals surface area contributed by atoms with Crippen molar-refractivity contribution in [2.45, 2.75) is 31.3 Å². The molecule has 1 aliphatic heterocycles. The minimum atomic E-state index is -2.95. The molecule has 0 radical (unpaired) electrons. The van der Waals surface area contributed by atoms with Crippen LogP contribution in [-0.2, 0) is 10.7 Å². The zero-order chi connectivity index (χ0) is 18.6. The van der Waals surface area contributed by atoms with Crippen LogP contribution in [0.15, 0.2) is 54.6 Å². The quantitative estimate of drug-likeness (QED) is 0.825. The van der Waals surface area contributed by atoms with Crippen LogP contribution in [0.3, 0.4) is 0 Å². The highest BCUT2D eigenvalue weighted by molar-refractivity contribution is 5.89. The number of nitrogens with one attached hydrogen (secondary N) is 2. The highest BCUT2D eigenvalue weighted by Gasteiger charge is 2.27. The van der Waals surface area contributed by atoms with E-state index in [1.807, 2.05) is 18.2 Å². The van der Waals surface area contributed by atoms with Gasteiger partial charge in [-0.2, -0.15) is 0 Å². The van der Waals surface area contributed by atoms with E-state index in [-0.39, 0.29) is 11.7 Å². The van der Waals surface area contributed by atoms with Crippen molar-refractivity contribution in [1.29, 1.82) is 0 Å². The van der Waals surface area contributed by atoms with Gasteiger partial charge in [-0.3, -0.25) is 0 Å². The Balaban J connectivity index is 1.48. The van der Waals surface area contributed by atoms with Crippen LogP contribution in [0.4, 0.5) is 19.3 Å². The van der Waals surface area contributed by atoms with Crippen molar-refractivity contribution in [2.75, 3.05) is 18.5 Å². The van der Waals surface area contributed by atoms with Crippen molar-refractivity contribution in [3.63, 3.8) is 0 Å². The molecule has 6 heteroatoms. The highest BCUT2D eigenvalue weighted by Crippen LogP contribution is 2.29. The first-order valence-electron chi connectivity index (χ1n) is 8.61. The van der Waals surface area contributed by atoms with Gasteiger partial charge in [0.25, 0.3) is 5.92 Å². The number of benzene rings is 2. The van der Waals surface area contributed by atoms with Gasteiger partial charge >= 0.3 is 6.03 Å². The molecule has 26 heavy (non-hydrogen) atoms. The Kier molecular flexibility index (Phi) is 5.52. The van der Waals surface area contributed by atoms with Gasteiger partial charge in [0.15, 0.2) is 0 Å². The molecule has 1 fully saturated rings. The average Bonchev–Trinajstić information content (AvgIpc) is 3.09. The number of rotatable bonds is 5. The normalized spacial score (nSPS) is 20.0. The molecule has 0 bridgehead atoms. The molecule has 1 heterocycles. The van der Waals surface area contributed by atoms with Crippen LogP contribution in [0, 0.1) is 0 Å². The van der Waals surface area contributed by atoms with Crippen LogP contribution in [-0.4, -0.2) is 25.3 Å². The predicted molar refractivity (Wildman–Crippen MR) is 96.6 cm³/mol. The Bertz CT molecular complexity index is 747. The molecule has 0 spiro atoms. The molecule has 1 aliphatic rings. The molecule has 0 aromatic heterocycles. The van der Waals surface area contributed by atoms with E-state index >= 15 is 0 Å². The smallest absolute Gasteiger partial charge is 0.319 e. The van der Waals surface area contributed by atoms with Gasteiger partial charge < -0.3 is 15.4 Å². The van der Waals surface area contributed by atoms with Gasteiger partial charge in [-0.1, -0.05) is 42.5 Å². The average molecular weight is 360 g/mol. The second-order valence-electron chi connectivity index (χ2n) is 6.60. The van der Waals surface area contributed by atoms with E-state index in [0.29, 0.717) is 24.8 Å². The van der Waals surface area contributed by atoms with Gasteiger partial charge in [0.05, 0.1) is 12.7 Å². The zero-order valence-electron chi connectivity index (χ0n) is 14.5. The first kappa shape index (κ1) is 18.3. The van der Waals surface area contributed by atoms with Crippen molar-refractivity contribution in [3.8, 4) is 0 Å². The molecule has 0 unspecified atom stereocenters. The maximum absolute atomic E-state index is 13.4. The molecule has 138 valence electrons. The number of halogens is 2. The number of alkyl halides is 2. The lowest BCUT2D eigenvalue weighted by atomic mass is 9.96. The predicted octanol–water partition coefficient (Wildman–Crippen LogP) is 4.49. The summed E-state index contributed by atoms with van der Waals surface area (Å²) in [6, 6.07) is 15.4. The summed E-state index contributed by atoms with van der Waals surface area (Å²) in [6.45, 7) is 1.83. The summed E-state index contributed by atoms with van der Waals surface area (Å²) in [5, 5.41) is 5.32. The molecule has 3 rings (SSSR count). The standard InChI is InChI=1S/C20H22F2N2O2/c1-20(21,22)16-8-5-9-17(11-16)24-19(25)23-12-18-10-15(13-26-18)14-6-3-2-4-7-14/h2-9,11,15,18H,10,12-13H2,1H3,(H2,23,24,25)/t15-,18-/m0/s1. The van der Waals surface area contributed by atoms with Crippen LogP contribution in [0.1, 0.15) is 30.4 Å². The van der Waals surface area contributed by atoms with Crippen LogP contribution in [0.25, 0.3) is 0 Å².